The minimum Gasteiger partial charge on any atom is -0.378 e. The number of ether oxygens (including phenoxy) is 1. The van der Waals surface area contributed by atoms with Gasteiger partial charge in [0.25, 0.3) is 0 Å². The van der Waals surface area contributed by atoms with Crippen molar-refractivity contribution < 1.29 is 13.9 Å². The SMILES string of the molecule is O=C(Nc1cccc(CF)c1)N1CCOCC1. The van der Waals surface area contributed by atoms with Crippen molar-refractivity contribution >= 4 is 11.7 Å². The van der Waals surface area contributed by atoms with Gasteiger partial charge >= 0.3 is 6.03 Å². The lowest BCUT2D eigenvalue weighted by Gasteiger charge is -2.26. The molecule has 1 heterocycles. The molecule has 0 atom stereocenters. The van der Waals surface area contributed by atoms with Crippen molar-refractivity contribution in [2.45, 2.75) is 6.67 Å². The smallest absolute Gasteiger partial charge is 0.321 e. The van der Waals surface area contributed by atoms with Crippen molar-refractivity contribution in [1.29, 1.82) is 0 Å². The largest absolute Gasteiger partial charge is 0.378 e. The number of carbonyl (C=O) groups is 1. The van der Waals surface area contributed by atoms with Crippen LogP contribution in [0.5, 0.6) is 0 Å². The third-order valence-corrected chi connectivity index (χ3v) is 2.63. The Hall–Kier alpha value is -1.62. The second-order valence-electron chi connectivity index (χ2n) is 3.86. The maximum atomic E-state index is 12.5. The Morgan fingerprint density at radius 1 is 1.41 bits per heavy atom. The number of amides is 2. The van der Waals surface area contributed by atoms with Gasteiger partial charge in [-0.05, 0) is 17.7 Å². The lowest BCUT2D eigenvalue weighted by atomic mass is 10.2. The molecule has 1 aliphatic rings. The highest BCUT2D eigenvalue weighted by Gasteiger charge is 2.16. The molecule has 2 rings (SSSR count). The summed E-state index contributed by atoms with van der Waals surface area (Å²) >= 11 is 0. The van der Waals surface area contributed by atoms with Gasteiger partial charge in [-0.1, -0.05) is 12.1 Å². The summed E-state index contributed by atoms with van der Waals surface area (Å²) in [7, 11) is 0. The van der Waals surface area contributed by atoms with E-state index < -0.39 is 6.67 Å². The molecule has 0 unspecified atom stereocenters. The molecule has 0 bridgehead atoms. The van der Waals surface area contributed by atoms with Crippen LogP contribution in [0.2, 0.25) is 0 Å². The van der Waals surface area contributed by atoms with Gasteiger partial charge < -0.3 is 15.0 Å². The number of hydrogen-bond donors (Lipinski definition) is 1. The molecular weight excluding hydrogens is 223 g/mol. The first-order chi connectivity index (χ1) is 8.29. The first-order valence-electron chi connectivity index (χ1n) is 5.58. The van der Waals surface area contributed by atoms with Gasteiger partial charge in [0.05, 0.1) is 13.2 Å². The number of rotatable bonds is 2. The molecule has 1 fully saturated rings. The average molecular weight is 238 g/mol. The number of nitrogens with zero attached hydrogens (tertiary/aromatic N) is 1. The molecule has 0 radical (unpaired) electrons. The summed E-state index contributed by atoms with van der Waals surface area (Å²) in [6, 6.07) is 6.63. The number of benzene rings is 1. The van der Waals surface area contributed by atoms with Crippen LogP contribution in [0.15, 0.2) is 24.3 Å². The number of hydrogen-bond acceptors (Lipinski definition) is 2. The van der Waals surface area contributed by atoms with E-state index in [-0.39, 0.29) is 6.03 Å². The molecule has 5 heteroatoms. The fraction of sp³-hybridized carbons (Fsp3) is 0.417. The highest BCUT2D eigenvalue weighted by Crippen LogP contribution is 2.12. The molecule has 1 saturated heterocycles. The Morgan fingerprint density at radius 2 is 2.18 bits per heavy atom. The zero-order chi connectivity index (χ0) is 12.1. The molecule has 4 nitrogen and oxygen atoms in total. The van der Waals surface area contributed by atoms with Crippen molar-refractivity contribution in [3.05, 3.63) is 29.8 Å². The zero-order valence-electron chi connectivity index (χ0n) is 9.49. The van der Waals surface area contributed by atoms with Gasteiger partial charge in [0.1, 0.15) is 6.67 Å². The number of nitrogens with one attached hydrogen (secondary N) is 1. The molecule has 1 aliphatic heterocycles. The van der Waals surface area contributed by atoms with E-state index in [9.17, 15) is 9.18 Å². The molecule has 0 aliphatic carbocycles. The average Bonchev–Trinajstić information content (AvgIpc) is 2.40. The van der Waals surface area contributed by atoms with E-state index in [1.165, 1.54) is 0 Å². The molecule has 2 amide bonds. The fourth-order valence-corrected chi connectivity index (χ4v) is 1.70. The third-order valence-electron chi connectivity index (χ3n) is 2.63. The Bertz CT molecular complexity index is 392. The molecule has 0 spiro atoms. The van der Waals surface area contributed by atoms with Crippen LogP contribution in [0.25, 0.3) is 0 Å². The summed E-state index contributed by atoms with van der Waals surface area (Å²) in [6.07, 6.45) is 0. The van der Waals surface area contributed by atoms with Crippen LogP contribution in [-0.4, -0.2) is 37.2 Å². The zero-order valence-corrected chi connectivity index (χ0v) is 9.49. The Balaban J connectivity index is 1.96. The summed E-state index contributed by atoms with van der Waals surface area (Å²) in [6.45, 7) is 1.79. The molecule has 1 aromatic rings. The van der Waals surface area contributed by atoms with Crippen LogP contribution in [0.3, 0.4) is 0 Å². The van der Waals surface area contributed by atoms with Gasteiger partial charge in [-0.2, -0.15) is 0 Å². The van der Waals surface area contributed by atoms with Crippen LogP contribution < -0.4 is 5.32 Å². The van der Waals surface area contributed by atoms with Gasteiger partial charge in [0.2, 0.25) is 0 Å². The third kappa shape index (κ3) is 3.17. The molecule has 0 saturated carbocycles. The molecule has 17 heavy (non-hydrogen) atoms. The molecule has 1 N–H and O–H groups in total. The fourth-order valence-electron chi connectivity index (χ4n) is 1.70. The lowest BCUT2D eigenvalue weighted by molar-refractivity contribution is 0.0564. The Morgan fingerprint density at radius 3 is 2.88 bits per heavy atom. The van der Waals surface area contributed by atoms with Gasteiger partial charge in [-0.25, -0.2) is 9.18 Å². The van der Waals surface area contributed by atoms with Crippen molar-refractivity contribution in [2.75, 3.05) is 31.6 Å². The van der Waals surface area contributed by atoms with E-state index in [2.05, 4.69) is 5.32 Å². The number of anilines is 1. The highest BCUT2D eigenvalue weighted by molar-refractivity contribution is 5.89. The number of morpholine rings is 1. The topological polar surface area (TPSA) is 41.6 Å². The van der Waals surface area contributed by atoms with Gasteiger partial charge in [-0.3, -0.25) is 0 Å². The maximum absolute atomic E-state index is 12.5. The first-order valence-corrected chi connectivity index (χ1v) is 5.58. The second kappa shape index (κ2) is 5.63. The molecular formula is C12H15FN2O2. The van der Waals surface area contributed by atoms with Crippen LogP contribution in [0.1, 0.15) is 5.56 Å². The van der Waals surface area contributed by atoms with Crippen LogP contribution in [0, 0.1) is 0 Å². The Kier molecular flexibility index (Phi) is 3.93. The predicted octanol–water partition coefficient (Wildman–Crippen LogP) is 2.02. The normalized spacial score (nSPS) is 15.7. The van der Waals surface area contributed by atoms with E-state index in [0.29, 0.717) is 37.6 Å². The summed E-state index contributed by atoms with van der Waals surface area (Å²) in [4.78, 5) is 13.5. The van der Waals surface area contributed by atoms with E-state index in [1.807, 2.05) is 0 Å². The monoisotopic (exact) mass is 238 g/mol. The number of alkyl halides is 1. The van der Waals surface area contributed by atoms with Crippen LogP contribution >= 0.6 is 0 Å². The maximum Gasteiger partial charge on any atom is 0.321 e. The summed E-state index contributed by atoms with van der Waals surface area (Å²) in [5.41, 5.74) is 1.18. The van der Waals surface area contributed by atoms with Gasteiger partial charge in [0, 0.05) is 18.8 Å². The van der Waals surface area contributed by atoms with Crippen LogP contribution in [-0.2, 0) is 11.4 Å². The quantitative estimate of drug-likeness (QED) is 0.856. The summed E-state index contributed by atoms with van der Waals surface area (Å²) < 4.78 is 17.6. The minimum absolute atomic E-state index is 0.163. The predicted molar refractivity (Wildman–Crippen MR) is 62.7 cm³/mol. The number of urea groups is 1. The highest BCUT2D eigenvalue weighted by atomic mass is 19.1. The molecule has 92 valence electrons. The van der Waals surface area contributed by atoms with Crippen molar-refractivity contribution in [1.82, 2.24) is 4.90 Å². The van der Waals surface area contributed by atoms with Crippen molar-refractivity contribution in [3.63, 3.8) is 0 Å². The van der Waals surface area contributed by atoms with E-state index in [1.54, 1.807) is 29.2 Å². The first kappa shape index (κ1) is 11.9. The lowest BCUT2D eigenvalue weighted by Crippen LogP contribution is -2.43. The van der Waals surface area contributed by atoms with E-state index >= 15 is 0 Å². The van der Waals surface area contributed by atoms with Gasteiger partial charge in [0.15, 0.2) is 0 Å². The van der Waals surface area contributed by atoms with Crippen molar-refractivity contribution in [3.8, 4) is 0 Å². The minimum atomic E-state index is -0.527. The second-order valence-corrected chi connectivity index (χ2v) is 3.86. The van der Waals surface area contributed by atoms with Crippen LogP contribution in [0.4, 0.5) is 14.9 Å². The molecule has 1 aromatic carbocycles. The van der Waals surface area contributed by atoms with E-state index in [0.717, 1.165) is 0 Å². The number of halogens is 1. The van der Waals surface area contributed by atoms with Crippen molar-refractivity contribution in [2.24, 2.45) is 0 Å². The van der Waals surface area contributed by atoms with E-state index in [4.69, 9.17) is 4.74 Å². The Labute approximate surface area is 99.4 Å². The molecule has 0 aromatic heterocycles. The standard InChI is InChI=1S/C12H15FN2O2/c13-9-10-2-1-3-11(8-10)14-12(16)15-4-6-17-7-5-15/h1-3,8H,4-7,9H2,(H,14,16). The summed E-state index contributed by atoms with van der Waals surface area (Å²) in [5, 5.41) is 2.75. The summed E-state index contributed by atoms with van der Waals surface area (Å²) in [5.74, 6) is 0. The number of carbonyl (C=O) groups excluding carboxylic acids is 1. The van der Waals surface area contributed by atoms with Gasteiger partial charge in [-0.15, -0.1) is 0 Å².